The number of carboxylic acid groups (broad SMARTS) is 1. The third kappa shape index (κ3) is 5.94. The van der Waals surface area contributed by atoms with Crippen LogP contribution in [0, 0.1) is 0 Å². The van der Waals surface area contributed by atoms with Crippen LogP contribution in [0.3, 0.4) is 0 Å². The summed E-state index contributed by atoms with van der Waals surface area (Å²) in [5.74, 6) is -0.630. The first kappa shape index (κ1) is 23.3. The third-order valence-electron chi connectivity index (χ3n) is 5.20. The molecule has 2 unspecified atom stereocenters. The lowest BCUT2D eigenvalue weighted by Gasteiger charge is -2.21. The highest BCUT2D eigenvalue weighted by Gasteiger charge is 2.29. The molecule has 0 aliphatic carbocycles. The van der Waals surface area contributed by atoms with Crippen molar-refractivity contribution in [1.82, 2.24) is 5.32 Å². The van der Waals surface area contributed by atoms with E-state index in [1.54, 1.807) is 72.8 Å². The molecule has 1 amide bonds. The van der Waals surface area contributed by atoms with Gasteiger partial charge in [0.15, 0.2) is 16.1 Å². The zero-order valence-corrected chi connectivity index (χ0v) is 19.0. The highest BCUT2D eigenvalue weighted by atomic mass is 32.2. The smallest absolute Gasteiger partial charge is 0.308 e. The van der Waals surface area contributed by atoms with Crippen LogP contribution in [0.4, 0.5) is 11.4 Å². The molecule has 174 valence electrons. The normalized spacial score (nSPS) is 14.4. The van der Waals surface area contributed by atoms with Crippen LogP contribution in [0.2, 0.25) is 0 Å². The molecule has 3 aromatic rings. The fraction of sp³-hybridized carbons (Fsp3) is 0.160. The Kier molecular flexibility index (Phi) is 7.46. The molecule has 0 spiro atoms. The van der Waals surface area contributed by atoms with Crippen LogP contribution in [-0.4, -0.2) is 40.6 Å². The number of hydrogen-bond donors (Lipinski definition) is 4. The number of hydrogen-bond acceptors (Lipinski definition) is 6. The summed E-state index contributed by atoms with van der Waals surface area (Å²) in [5.41, 5.74) is 2.44. The minimum absolute atomic E-state index is 0.268. The predicted molar refractivity (Wildman–Crippen MR) is 133 cm³/mol. The van der Waals surface area contributed by atoms with Crippen LogP contribution in [0.25, 0.3) is 0 Å². The number of nitrogens with zero attached hydrogens (tertiary/aromatic N) is 1. The van der Waals surface area contributed by atoms with Crippen LogP contribution in [0.1, 0.15) is 27.6 Å². The molecule has 0 saturated heterocycles. The van der Waals surface area contributed by atoms with Crippen molar-refractivity contribution in [1.29, 1.82) is 0 Å². The van der Waals surface area contributed by atoms with Gasteiger partial charge in [-0.25, -0.2) is 0 Å². The van der Waals surface area contributed by atoms with E-state index in [0.717, 1.165) is 18.8 Å². The second-order valence-corrected chi connectivity index (χ2v) is 9.27. The molecule has 0 fully saturated rings. The molecule has 34 heavy (non-hydrogen) atoms. The van der Waals surface area contributed by atoms with Crippen molar-refractivity contribution < 1.29 is 19.2 Å². The van der Waals surface area contributed by atoms with Crippen LogP contribution >= 0.6 is 0 Å². The molecule has 1 heterocycles. The number of rotatable bonds is 8. The largest absolute Gasteiger partial charge is 0.611 e. The molecule has 0 radical (unpaired) electrons. The number of carbonyl (C=O) groups is 2. The van der Waals surface area contributed by atoms with Crippen molar-refractivity contribution in [3.05, 3.63) is 90.0 Å². The number of aliphatic imine (C=N–C) groups is 1. The van der Waals surface area contributed by atoms with Crippen LogP contribution in [0.15, 0.2) is 88.8 Å². The lowest BCUT2D eigenvalue weighted by atomic mass is 10.1. The average molecular weight is 477 g/mol. The zero-order chi connectivity index (χ0) is 23.9. The summed E-state index contributed by atoms with van der Waals surface area (Å²) in [6.45, 7) is 1.53. The Labute approximate surface area is 200 Å². The van der Waals surface area contributed by atoms with Gasteiger partial charge in [-0.1, -0.05) is 36.4 Å². The SMILES string of the molecule is O=C(O)CC(c1ccccc1)[S+]([O-])c1cccc(NC(=O)c2ccc(NC3=NCCN3)cc2)c1. The summed E-state index contributed by atoms with van der Waals surface area (Å²) in [7, 11) is 0. The zero-order valence-electron chi connectivity index (χ0n) is 18.2. The van der Waals surface area contributed by atoms with Crippen molar-refractivity contribution in [2.24, 2.45) is 4.99 Å². The molecule has 0 bridgehead atoms. The van der Waals surface area contributed by atoms with E-state index in [4.69, 9.17) is 0 Å². The Balaban J connectivity index is 1.46. The molecular weight excluding hydrogens is 452 g/mol. The first-order chi connectivity index (χ1) is 16.5. The maximum Gasteiger partial charge on any atom is 0.308 e. The van der Waals surface area contributed by atoms with Gasteiger partial charge in [-0.2, -0.15) is 0 Å². The van der Waals surface area contributed by atoms with Gasteiger partial charge in [0.05, 0.1) is 13.0 Å². The molecule has 4 rings (SSSR count). The molecule has 8 nitrogen and oxygen atoms in total. The van der Waals surface area contributed by atoms with Gasteiger partial charge in [0.2, 0.25) is 0 Å². The third-order valence-corrected chi connectivity index (χ3v) is 6.87. The van der Waals surface area contributed by atoms with Crippen molar-refractivity contribution >= 4 is 40.4 Å². The van der Waals surface area contributed by atoms with E-state index < -0.39 is 22.4 Å². The Hall–Kier alpha value is -3.82. The number of amides is 1. The summed E-state index contributed by atoms with van der Waals surface area (Å²) in [5, 5.41) is 17.7. The lowest BCUT2D eigenvalue weighted by molar-refractivity contribution is -0.137. The Morgan fingerprint density at radius 2 is 1.79 bits per heavy atom. The van der Waals surface area contributed by atoms with E-state index in [-0.39, 0.29) is 12.3 Å². The summed E-state index contributed by atoms with van der Waals surface area (Å²) in [6, 6.07) is 22.6. The molecule has 0 saturated carbocycles. The van der Waals surface area contributed by atoms with Gasteiger partial charge < -0.3 is 25.6 Å². The number of aliphatic carboxylic acids is 1. The fourth-order valence-corrected chi connectivity index (χ4v) is 5.02. The van der Waals surface area contributed by atoms with Gasteiger partial charge in [0.1, 0.15) is 0 Å². The van der Waals surface area contributed by atoms with Gasteiger partial charge in [0.25, 0.3) is 5.91 Å². The maximum absolute atomic E-state index is 13.3. The predicted octanol–water partition coefficient (Wildman–Crippen LogP) is 3.63. The summed E-state index contributed by atoms with van der Waals surface area (Å²) >= 11 is -1.63. The van der Waals surface area contributed by atoms with Crippen LogP contribution in [0.5, 0.6) is 0 Å². The Bertz CT molecular complexity index is 1190. The van der Waals surface area contributed by atoms with E-state index >= 15 is 0 Å². The minimum atomic E-state index is -1.63. The number of anilines is 2. The molecule has 1 aliphatic rings. The number of nitrogens with one attached hydrogen (secondary N) is 3. The number of benzene rings is 3. The van der Waals surface area contributed by atoms with Gasteiger partial charge in [-0.05, 0) is 47.6 Å². The van der Waals surface area contributed by atoms with E-state index in [1.807, 2.05) is 6.07 Å². The lowest BCUT2D eigenvalue weighted by Crippen LogP contribution is -2.26. The van der Waals surface area contributed by atoms with Crippen molar-refractivity contribution in [2.45, 2.75) is 16.6 Å². The maximum atomic E-state index is 13.3. The molecular formula is C25H24N4O4S. The number of carbonyl (C=O) groups excluding carboxylic acids is 1. The van der Waals surface area contributed by atoms with Gasteiger partial charge >= 0.3 is 5.97 Å². The second-order valence-electron chi connectivity index (χ2n) is 7.64. The van der Waals surface area contributed by atoms with Gasteiger partial charge in [-0.3, -0.25) is 14.6 Å². The summed E-state index contributed by atoms with van der Waals surface area (Å²) < 4.78 is 13.3. The number of guanidine groups is 1. The van der Waals surface area contributed by atoms with E-state index in [2.05, 4.69) is 20.9 Å². The van der Waals surface area contributed by atoms with E-state index in [1.165, 1.54) is 0 Å². The highest BCUT2D eigenvalue weighted by molar-refractivity contribution is 7.91. The van der Waals surface area contributed by atoms with Crippen LogP contribution < -0.4 is 16.0 Å². The molecule has 1 aliphatic heterocycles. The van der Waals surface area contributed by atoms with Crippen molar-refractivity contribution in [3.63, 3.8) is 0 Å². The van der Waals surface area contributed by atoms with Crippen molar-refractivity contribution in [2.75, 3.05) is 23.7 Å². The summed E-state index contributed by atoms with van der Waals surface area (Å²) in [6.07, 6.45) is -0.268. The first-order valence-electron chi connectivity index (χ1n) is 10.7. The quantitative estimate of drug-likeness (QED) is 0.368. The standard InChI is InChI=1S/C25H24N4O4S/c30-23(31)16-22(17-5-2-1-3-6-17)34(33)21-8-4-7-20(15-21)28-24(32)18-9-11-19(12-10-18)29-25-26-13-14-27-25/h1-12,15,22H,13-14,16H2,(H,28,32)(H,30,31)(H2,26,27,29). The molecule has 0 aromatic heterocycles. The van der Waals surface area contributed by atoms with E-state index in [0.29, 0.717) is 27.7 Å². The molecule has 4 N–H and O–H groups in total. The topological polar surface area (TPSA) is 126 Å². The average Bonchev–Trinajstić information content (AvgIpc) is 3.36. The molecule has 3 aromatic carbocycles. The molecule has 2 atom stereocenters. The first-order valence-corrected chi connectivity index (χ1v) is 11.9. The minimum Gasteiger partial charge on any atom is -0.611 e. The molecule has 9 heteroatoms. The second kappa shape index (κ2) is 10.9. The van der Waals surface area contributed by atoms with Gasteiger partial charge in [-0.15, -0.1) is 0 Å². The monoisotopic (exact) mass is 476 g/mol. The van der Waals surface area contributed by atoms with Gasteiger partial charge in [0, 0.05) is 35.1 Å². The van der Waals surface area contributed by atoms with Crippen LogP contribution in [-0.2, 0) is 16.0 Å². The Morgan fingerprint density at radius 3 is 2.47 bits per heavy atom. The number of carboxylic acids is 1. The van der Waals surface area contributed by atoms with Crippen molar-refractivity contribution in [3.8, 4) is 0 Å². The fourth-order valence-electron chi connectivity index (χ4n) is 3.53. The Morgan fingerprint density at radius 1 is 1.03 bits per heavy atom. The highest BCUT2D eigenvalue weighted by Crippen LogP contribution is 2.33. The summed E-state index contributed by atoms with van der Waals surface area (Å²) in [4.78, 5) is 28.8. The van der Waals surface area contributed by atoms with E-state index in [9.17, 15) is 19.2 Å².